The van der Waals surface area contributed by atoms with E-state index in [0.29, 0.717) is 10.7 Å². The molecule has 0 aliphatic rings. The predicted octanol–water partition coefficient (Wildman–Crippen LogP) is 3.81. The molecule has 0 atom stereocenters. The maximum atomic E-state index is 12.0. The van der Waals surface area contributed by atoms with Crippen molar-refractivity contribution < 1.29 is 18.8 Å². The summed E-state index contributed by atoms with van der Waals surface area (Å²) >= 11 is 1.42. The number of hydrogen-bond acceptors (Lipinski definition) is 7. The highest BCUT2D eigenvalue weighted by Crippen LogP contribution is 2.18. The Bertz CT molecular complexity index is 870. The molecule has 6 nitrogen and oxygen atoms in total. The second-order valence-corrected chi connectivity index (χ2v) is 6.66. The number of carbonyl (C=O) groups excluding carboxylic acids is 2. The van der Waals surface area contributed by atoms with Crippen LogP contribution < -0.4 is 0 Å². The SMILES string of the molecule is Cc1ccc(C(=O)CCC(=O)OCc2nc(-c3ccccc3)no2)s1. The number of aromatic nitrogens is 2. The predicted molar refractivity (Wildman–Crippen MR) is 92.2 cm³/mol. The third-order valence-electron chi connectivity index (χ3n) is 3.43. The van der Waals surface area contributed by atoms with E-state index in [0.717, 1.165) is 10.4 Å². The molecule has 1 aromatic carbocycles. The molecule has 2 heterocycles. The number of aryl methyl sites for hydroxylation is 1. The number of rotatable bonds is 7. The second kappa shape index (κ2) is 7.85. The Kier molecular flexibility index (Phi) is 5.35. The molecule has 0 spiro atoms. The fraction of sp³-hybridized carbons (Fsp3) is 0.222. The van der Waals surface area contributed by atoms with Gasteiger partial charge in [-0.1, -0.05) is 35.5 Å². The first-order valence-electron chi connectivity index (χ1n) is 7.75. The van der Waals surface area contributed by atoms with Crippen LogP contribution in [0.3, 0.4) is 0 Å². The number of ether oxygens (including phenoxy) is 1. The monoisotopic (exact) mass is 356 g/mol. The van der Waals surface area contributed by atoms with Crippen LogP contribution in [0.25, 0.3) is 11.4 Å². The molecule has 3 aromatic rings. The van der Waals surface area contributed by atoms with Crippen molar-refractivity contribution in [2.24, 2.45) is 0 Å². The van der Waals surface area contributed by atoms with Crippen molar-refractivity contribution in [3.8, 4) is 11.4 Å². The lowest BCUT2D eigenvalue weighted by Crippen LogP contribution is -2.07. The van der Waals surface area contributed by atoms with Gasteiger partial charge in [0.15, 0.2) is 12.4 Å². The van der Waals surface area contributed by atoms with Gasteiger partial charge >= 0.3 is 5.97 Å². The van der Waals surface area contributed by atoms with Crippen molar-refractivity contribution in [2.75, 3.05) is 0 Å². The molecule has 0 unspecified atom stereocenters. The number of carbonyl (C=O) groups is 2. The topological polar surface area (TPSA) is 82.3 Å². The largest absolute Gasteiger partial charge is 0.456 e. The summed E-state index contributed by atoms with van der Waals surface area (Å²) in [5.41, 5.74) is 0.820. The van der Waals surface area contributed by atoms with E-state index >= 15 is 0 Å². The third kappa shape index (κ3) is 4.60. The van der Waals surface area contributed by atoms with Gasteiger partial charge in [0.05, 0.1) is 11.3 Å². The number of Topliss-reactive ketones (excluding diaryl/α,β-unsaturated/α-hetero) is 1. The van der Waals surface area contributed by atoms with Crippen LogP contribution in [0.2, 0.25) is 0 Å². The van der Waals surface area contributed by atoms with Gasteiger partial charge in [-0.25, -0.2) is 0 Å². The van der Waals surface area contributed by atoms with E-state index in [1.165, 1.54) is 11.3 Å². The summed E-state index contributed by atoms with van der Waals surface area (Å²) in [7, 11) is 0. The van der Waals surface area contributed by atoms with E-state index in [9.17, 15) is 9.59 Å². The fourth-order valence-corrected chi connectivity index (χ4v) is 2.99. The minimum Gasteiger partial charge on any atom is -0.456 e. The number of nitrogens with zero attached hydrogens (tertiary/aromatic N) is 2. The highest BCUT2D eigenvalue weighted by molar-refractivity contribution is 7.14. The third-order valence-corrected chi connectivity index (χ3v) is 4.47. The van der Waals surface area contributed by atoms with Gasteiger partial charge in [0.25, 0.3) is 5.89 Å². The van der Waals surface area contributed by atoms with Crippen molar-refractivity contribution in [1.29, 1.82) is 0 Å². The number of benzene rings is 1. The van der Waals surface area contributed by atoms with Crippen molar-refractivity contribution in [1.82, 2.24) is 10.1 Å². The molecule has 2 aromatic heterocycles. The van der Waals surface area contributed by atoms with Crippen LogP contribution >= 0.6 is 11.3 Å². The lowest BCUT2D eigenvalue weighted by atomic mass is 10.2. The lowest BCUT2D eigenvalue weighted by molar-refractivity contribution is -0.145. The average molecular weight is 356 g/mol. The van der Waals surface area contributed by atoms with Gasteiger partial charge in [-0.15, -0.1) is 11.3 Å². The average Bonchev–Trinajstić information content (AvgIpc) is 3.28. The molecule has 0 N–H and O–H groups in total. The zero-order valence-electron chi connectivity index (χ0n) is 13.6. The molecular formula is C18H16N2O4S. The van der Waals surface area contributed by atoms with Crippen LogP contribution in [-0.2, 0) is 16.1 Å². The van der Waals surface area contributed by atoms with E-state index in [1.807, 2.05) is 43.3 Å². The Labute approximate surface area is 148 Å². The van der Waals surface area contributed by atoms with Crippen molar-refractivity contribution in [3.63, 3.8) is 0 Å². The van der Waals surface area contributed by atoms with Crippen molar-refractivity contribution in [2.45, 2.75) is 26.4 Å². The molecule has 0 saturated heterocycles. The van der Waals surface area contributed by atoms with Crippen LogP contribution in [-0.4, -0.2) is 21.9 Å². The summed E-state index contributed by atoms with van der Waals surface area (Å²) < 4.78 is 10.1. The number of thiophene rings is 1. The van der Waals surface area contributed by atoms with Crippen LogP contribution in [0.5, 0.6) is 0 Å². The van der Waals surface area contributed by atoms with E-state index < -0.39 is 5.97 Å². The molecular weight excluding hydrogens is 340 g/mol. The molecule has 0 bridgehead atoms. The quantitative estimate of drug-likeness (QED) is 0.473. The zero-order valence-corrected chi connectivity index (χ0v) is 14.4. The Morgan fingerprint density at radius 1 is 1.12 bits per heavy atom. The molecule has 7 heteroatoms. The van der Waals surface area contributed by atoms with E-state index in [1.54, 1.807) is 6.07 Å². The smallest absolute Gasteiger partial charge is 0.306 e. The number of hydrogen-bond donors (Lipinski definition) is 0. The Morgan fingerprint density at radius 3 is 2.64 bits per heavy atom. The standard InChI is InChI=1S/C18H16N2O4S/c1-12-7-9-15(25-12)14(21)8-10-17(22)23-11-16-19-18(20-24-16)13-5-3-2-4-6-13/h2-7,9H,8,10-11H2,1H3. The van der Waals surface area contributed by atoms with Crippen LogP contribution in [0, 0.1) is 6.92 Å². The van der Waals surface area contributed by atoms with Crippen LogP contribution in [0.1, 0.15) is 33.3 Å². The molecule has 0 amide bonds. The van der Waals surface area contributed by atoms with Crippen molar-refractivity contribution >= 4 is 23.1 Å². The molecule has 3 rings (SSSR count). The van der Waals surface area contributed by atoms with E-state index in [2.05, 4.69) is 10.1 Å². The molecule has 0 saturated carbocycles. The summed E-state index contributed by atoms with van der Waals surface area (Å²) in [6.07, 6.45) is 0.146. The number of ketones is 1. The minimum absolute atomic E-state index is 0.0233. The minimum atomic E-state index is -0.471. The molecule has 128 valence electrons. The normalized spacial score (nSPS) is 10.6. The van der Waals surface area contributed by atoms with Gasteiger partial charge in [0.2, 0.25) is 5.82 Å². The summed E-state index contributed by atoms with van der Waals surface area (Å²) in [5, 5.41) is 3.85. The Hall–Kier alpha value is -2.80. The molecule has 0 radical (unpaired) electrons. The van der Waals surface area contributed by atoms with Crippen LogP contribution in [0.4, 0.5) is 0 Å². The summed E-state index contributed by atoms with van der Waals surface area (Å²) in [5.74, 6) is 0.127. The second-order valence-electron chi connectivity index (χ2n) is 5.37. The Balaban J connectivity index is 1.46. The maximum Gasteiger partial charge on any atom is 0.306 e. The van der Waals surface area contributed by atoms with Crippen LogP contribution in [0.15, 0.2) is 47.0 Å². The maximum absolute atomic E-state index is 12.0. The zero-order chi connectivity index (χ0) is 17.6. The first kappa shape index (κ1) is 17.0. The molecule has 0 aliphatic carbocycles. The van der Waals surface area contributed by atoms with Gasteiger partial charge < -0.3 is 9.26 Å². The van der Waals surface area contributed by atoms with Gasteiger partial charge in [-0.3, -0.25) is 9.59 Å². The fourth-order valence-electron chi connectivity index (χ4n) is 2.16. The molecule has 0 fully saturated rings. The summed E-state index contributed by atoms with van der Waals surface area (Å²) in [6.45, 7) is 1.83. The summed E-state index contributed by atoms with van der Waals surface area (Å²) in [6, 6.07) is 13.0. The molecule has 0 aliphatic heterocycles. The summed E-state index contributed by atoms with van der Waals surface area (Å²) in [4.78, 5) is 29.6. The van der Waals surface area contributed by atoms with Gasteiger partial charge in [-0.2, -0.15) is 4.98 Å². The lowest BCUT2D eigenvalue weighted by Gasteiger charge is -2.01. The highest BCUT2D eigenvalue weighted by Gasteiger charge is 2.14. The van der Waals surface area contributed by atoms with E-state index in [4.69, 9.17) is 9.26 Å². The van der Waals surface area contributed by atoms with Gasteiger partial charge in [0.1, 0.15) is 0 Å². The van der Waals surface area contributed by atoms with Gasteiger partial charge in [-0.05, 0) is 19.1 Å². The highest BCUT2D eigenvalue weighted by atomic mass is 32.1. The van der Waals surface area contributed by atoms with Crippen molar-refractivity contribution in [3.05, 3.63) is 58.1 Å². The van der Waals surface area contributed by atoms with Gasteiger partial charge in [0, 0.05) is 16.9 Å². The first-order chi connectivity index (χ1) is 12.1. The Morgan fingerprint density at radius 2 is 1.92 bits per heavy atom. The molecule has 25 heavy (non-hydrogen) atoms. The number of esters is 1. The first-order valence-corrected chi connectivity index (χ1v) is 8.57. The van der Waals surface area contributed by atoms with E-state index in [-0.39, 0.29) is 31.1 Å².